The molecule has 0 radical (unpaired) electrons. The van der Waals surface area contributed by atoms with E-state index in [0.717, 1.165) is 6.54 Å². The predicted molar refractivity (Wildman–Crippen MR) is 49.6 cm³/mol. The maximum absolute atomic E-state index is 9.00. The molecule has 1 fully saturated rings. The van der Waals surface area contributed by atoms with Gasteiger partial charge < -0.3 is 14.9 Å². The summed E-state index contributed by atoms with van der Waals surface area (Å²) in [5.41, 5.74) is -0.221. The first-order valence-corrected chi connectivity index (χ1v) is 4.69. The van der Waals surface area contributed by atoms with Crippen LogP contribution in [0.25, 0.3) is 0 Å². The van der Waals surface area contributed by atoms with Gasteiger partial charge in [-0.05, 0) is 13.8 Å². The molecule has 78 valence electrons. The molecule has 1 aliphatic heterocycles. The Bertz CT molecular complexity index is 161. The molecular formula is C9H19NO3. The average Bonchev–Trinajstić information content (AvgIpc) is 2.02. The Kier molecular flexibility index (Phi) is 3.67. The first-order valence-electron chi connectivity index (χ1n) is 4.69. The van der Waals surface area contributed by atoms with Crippen LogP contribution in [0.4, 0.5) is 0 Å². The van der Waals surface area contributed by atoms with Crippen molar-refractivity contribution in [1.29, 1.82) is 0 Å². The molecule has 13 heavy (non-hydrogen) atoms. The Morgan fingerprint density at radius 2 is 2.15 bits per heavy atom. The lowest BCUT2D eigenvalue weighted by molar-refractivity contribution is -0.150. The summed E-state index contributed by atoms with van der Waals surface area (Å²) in [4.78, 5) is 2.12. The van der Waals surface area contributed by atoms with E-state index < -0.39 is 0 Å². The van der Waals surface area contributed by atoms with E-state index in [-0.39, 0.29) is 24.9 Å². The van der Waals surface area contributed by atoms with Gasteiger partial charge in [-0.1, -0.05) is 0 Å². The summed E-state index contributed by atoms with van der Waals surface area (Å²) in [6.07, 6.45) is -0.115. The molecule has 4 heteroatoms. The molecule has 1 aliphatic rings. The summed E-state index contributed by atoms with van der Waals surface area (Å²) in [7, 11) is 0. The minimum atomic E-state index is -0.221. The van der Waals surface area contributed by atoms with Crippen molar-refractivity contribution in [3.05, 3.63) is 0 Å². The molecule has 0 saturated carbocycles. The molecule has 0 aliphatic carbocycles. The van der Waals surface area contributed by atoms with E-state index in [4.69, 9.17) is 14.9 Å². The molecule has 1 heterocycles. The van der Waals surface area contributed by atoms with E-state index in [1.807, 2.05) is 13.8 Å². The SMILES string of the molecule is CC1(C)CN(CCO)CC(CO)O1. The lowest BCUT2D eigenvalue weighted by Crippen LogP contribution is -2.54. The van der Waals surface area contributed by atoms with Crippen LogP contribution >= 0.6 is 0 Å². The number of aliphatic hydroxyl groups excluding tert-OH is 2. The highest BCUT2D eigenvalue weighted by Crippen LogP contribution is 2.20. The van der Waals surface area contributed by atoms with Crippen molar-refractivity contribution in [1.82, 2.24) is 4.90 Å². The van der Waals surface area contributed by atoms with E-state index >= 15 is 0 Å². The zero-order valence-electron chi connectivity index (χ0n) is 8.36. The van der Waals surface area contributed by atoms with Crippen molar-refractivity contribution in [2.75, 3.05) is 32.8 Å². The summed E-state index contributed by atoms with van der Waals surface area (Å²) < 4.78 is 5.63. The fourth-order valence-corrected chi connectivity index (χ4v) is 1.82. The Morgan fingerprint density at radius 3 is 2.69 bits per heavy atom. The van der Waals surface area contributed by atoms with E-state index in [9.17, 15) is 0 Å². The molecule has 0 aromatic rings. The Labute approximate surface area is 79.1 Å². The van der Waals surface area contributed by atoms with Crippen molar-refractivity contribution < 1.29 is 14.9 Å². The van der Waals surface area contributed by atoms with Crippen molar-refractivity contribution in [2.45, 2.75) is 25.6 Å². The summed E-state index contributed by atoms with van der Waals surface area (Å²) in [5.74, 6) is 0. The van der Waals surface area contributed by atoms with Gasteiger partial charge in [-0.15, -0.1) is 0 Å². The second-order valence-corrected chi connectivity index (χ2v) is 4.14. The molecule has 0 spiro atoms. The highest BCUT2D eigenvalue weighted by Gasteiger charge is 2.32. The third-order valence-electron chi connectivity index (χ3n) is 2.17. The van der Waals surface area contributed by atoms with Gasteiger partial charge in [-0.2, -0.15) is 0 Å². The van der Waals surface area contributed by atoms with Gasteiger partial charge in [0.05, 0.1) is 24.9 Å². The number of morpholine rings is 1. The van der Waals surface area contributed by atoms with Crippen molar-refractivity contribution in [2.24, 2.45) is 0 Å². The van der Waals surface area contributed by atoms with Crippen LogP contribution in [0.2, 0.25) is 0 Å². The molecule has 0 aromatic heterocycles. The molecular weight excluding hydrogens is 170 g/mol. The van der Waals surface area contributed by atoms with E-state index in [1.54, 1.807) is 0 Å². The molecule has 1 rings (SSSR count). The van der Waals surface area contributed by atoms with Crippen LogP contribution in [0, 0.1) is 0 Å². The zero-order valence-corrected chi connectivity index (χ0v) is 8.36. The summed E-state index contributed by atoms with van der Waals surface area (Å²) >= 11 is 0. The quantitative estimate of drug-likeness (QED) is 0.625. The van der Waals surface area contributed by atoms with Gasteiger partial charge in [0.1, 0.15) is 0 Å². The Balaban J connectivity index is 2.49. The van der Waals surface area contributed by atoms with Crippen molar-refractivity contribution in [3.8, 4) is 0 Å². The van der Waals surface area contributed by atoms with Crippen LogP contribution in [0.1, 0.15) is 13.8 Å². The maximum atomic E-state index is 9.00. The Morgan fingerprint density at radius 1 is 1.46 bits per heavy atom. The minimum absolute atomic E-state index is 0.0470. The van der Waals surface area contributed by atoms with Crippen LogP contribution in [0.5, 0.6) is 0 Å². The van der Waals surface area contributed by atoms with Gasteiger partial charge in [0.15, 0.2) is 0 Å². The van der Waals surface area contributed by atoms with Gasteiger partial charge in [0.25, 0.3) is 0 Å². The minimum Gasteiger partial charge on any atom is -0.395 e. The number of aliphatic hydroxyl groups is 2. The third kappa shape index (κ3) is 3.23. The average molecular weight is 189 g/mol. The topological polar surface area (TPSA) is 52.9 Å². The zero-order chi connectivity index (χ0) is 9.90. The summed E-state index contributed by atoms with van der Waals surface area (Å²) in [5, 5.41) is 17.8. The second kappa shape index (κ2) is 4.37. The molecule has 2 N–H and O–H groups in total. The normalized spacial score (nSPS) is 29.1. The fourth-order valence-electron chi connectivity index (χ4n) is 1.82. The second-order valence-electron chi connectivity index (χ2n) is 4.14. The van der Waals surface area contributed by atoms with Crippen LogP contribution in [-0.4, -0.2) is 59.7 Å². The molecule has 0 amide bonds. The van der Waals surface area contributed by atoms with Gasteiger partial charge in [0, 0.05) is 19.6 Å². The number of ether oxygens (including phenoxy) is 1. The summed E-state index contributed by atoms with van der Waals surface area (Å²) in [6, 6.07) is 0. The van der Waals surface area contributed by atoms with Gasteiger partial charge in [0.2, 0.25) is 0 Å². The lowest BCUT2D eigenvalue weighted by Gasteiger charge is -2.42. The standard InChI is InChI=1S/C9H19NO3/c1-9(2)7-10(3-4-11)5-8(6-12)13-9/h8,11-12H,3-7H2,1-2H3. The predicted octanol–water partition coefficient (Wildman–Crippen LogP) is -0.550. The third-order valence-corrected chi connectivity index (χ3v) is 2.17. The van der Waals surface area contributed by atoms with Crippen molar-refractivity contribution >= 4 is 0 Å². The first-order chi connectivity index (χ1) is 6.07. The fraction of sp³-hybridized carbons (Fsp3) is 1.00. The van der Waals surface area contributed by atoms with E-state index in [1.165, 1.54) is 0 Å². The lowest BCUT2D eigenvalue weighted by atomic mass is 10.1. The monoisotopic (exact) mass is 189 g/mol. The number of hydrogen-bond donors (Lipinski definition) is 2. The smallest absolute Gasteiger partial charge is 0.0940 e. The van der Waals surface area contributed by atoms with Crippen LogP contribution in [0.3, 0.4) is 0 Å². The first kappa shape index (κ1) is 10.9. The van der Waals surface area contributed by atoms with Crippen molar-refractivity contribution in [3.63, 3.8) is 0 Å². The van der Waals surface area contributed by atoms with Crippen LogP contribution < -0.4 is 0 Å². The van der Waals surface area contributed by atoms with E-state index in [0.29, 0.717) is 13.1 Å². The molecule has 0 bridgehead atoms. The largest absolute Gasteiger partial charge is 0.395 e. The van der Waals surface area contributed by atoms with Gasteiger partial charge >= 0.3 is 0 Å². The van der Waals surface area contributed by atoms with Gasteiger partial charge in [-0.25, -0.2) is 0 Å². The van der Waals surface area contributed by atoms with Crippen LogP contribution in [0.15, 0.2) is 0 Å². The van der Waals surface area contributed by atoms with Crippen LogP contribution in [-0.2, 0) is 4.74 Å². The van der Waals surface area contributed by atoms with Gasteiger partial charge in [-0.3, -0.25) is 4.90 Å². The number of rotatable bonds is 3. The molecule has 1 saturated heterocycles. The molecule has 0 aromatic carbocycles. The highest BCUT2D eigenvalue weighted by molar-refractivity contribution is 4.83. The molecule has 1 unspecified atom stereocenters. The summed E-state index contributed by atoms with van der Waals surface area (Å²) in [6.45, 7) is 6.38. The Hall–Kier alpha value is -0.160. The highest BCUT2D eigenvalue weighted by atomic mass is 16.5. The molecule has 1 atom stereocenters. The number of β-amino-alcohol motifs (C(OH)–C–C–N with tert-alkyl or cyclic N) is 1. The maximum Gasteiger partial charge on any atom is 0.0940 e. The number of hydrogen-bond acceptors (Lipinski definition) is 4. The van der Waals surface area contributed by atoms with E-state index in [2.05, 4.69) is 4.90 Å². The molecule has 4 nitrogen and oxygen atoms in total. The number of nitrogens with zero attached hydrogens (tertiary/aromatic N) is 1.